The molecule has 150 valence electrons. The Bertz CT molecular complexity index is 630. The Hall–Kier alpha value is -2.16. The van der Waals surface area contributed by atoms with Crippen molar-refractivity contribution in [3.05, 3.63) is 24.3 Å². The Morgan fingerprint density at radius 2 is 1.78 bits per heavy atom. The molecule has 1 heterocycles. The van der Waals surface area contributed by atoms with Gasteiger partial charge in [-0.2, -0.15) is 0 Å². The topological polar surface area (TPSA) is 94.7 Å². The van der Waals surface area contributed by atoms with Gasteiger partial charge in [-0.05, 0) is 50.8 Å². The van der Waals surface area contributed by atoms with Gasteiger partial charge in [-0.1, -0.05) is 6.07 Å². The summed E-state index contributed by atoms with van der Waals surface area (Å²) >= 11 is 0. The van der Waals surface area contributed by atoms with Crippen LogP contribution in [0.1, 0.15) is 26.7 Å². The number of hydrogen-bond acceptors (Lipinski definition) is 5. The molecule has 1 aliphatic heterocycles. The van der Waals surface area contributed by atoms with Gasteiger partial charge < -0.3 is 20.3 Å². The van der Waals surface area contributed by atoms with E-state index in [9.17, 15) is 9.59 Å². The van der Waals surface area contributed by atoms with Crippen molar-refractivity contribution in [3.63, 3.8) is 0 Å². The van der Waals surface area contributed by atoms with E-state index in [-0.39, 0.29) is 18.5 Å². The average molecular weight is 377 g/mol. The zero-order valence-electron chi connectivity index (χ0n) is 16.5. The maximum atomic E-state index is 12.4. The summed E-state index contributed by atoms with van der Waals surface area (Å²) in [4.78, 5) is 25.7. The lowest BCUT2D eigenvalue weighted by molar-refractivity contribution is -0.119. The van der Waals surface area contributed by atoms with E-state index in [0.29, 0.717) is 35.9 Å². The fourth-order valence-electron chi connectivity index (χ4n) is 3.30. The summed E-state index contributed by atoms with van der Waals surface area (Å²) in [6.07, 6.45) is 2.00. The summed E-state index contributed by atoms with van der Waals surface area (Å²) in [7, 11) is 3.25. The molecule has 1 aromatic carbocycles. The van der Waals surface area contributed by atoms with Gasteiger partial charge in [-0.25, -0.2) is 4.79 Å². The summed E-state index contributed by atoms with van der Waals surface area (Å²) in [5, 5.41) is 5.58. The van der Waals surface area contributed by atoms with E-state index in [4.69, 9.17) is 4.74 Å². The number of ether oxygens (including phenoxy) is 1. The number of hydrogen-bond donors (Lipinski definition) is 4. The lowest BCUT2D eigenvalue weighted by Crippen LogP contribution is -2.33. The van der Waals surface area contributed by atoms with Crippen LogP contribution in [0.25, 0.3) is 0 Å². The minimum absolute atomic E-state index is 0.0113. The third-order valence-corrected chi connectivity index (χ3v) is 4.87. The van der Waals surface area contributed by atoms with Crippen LogP contribution >= 0.6 is 0 Å². The zero-order chi connectivity index (χ0) is 19.8. The summed E-state index contributed by atoms with van der Waals surface area (Å²) in [6.45, 7) is 5.03. The number of amides is 3. The van der Waals surface area contributed by atoms with Crippen molar-refractivity contribution in [3.8, 4) is 0 Å². The predicted octanol–water partition coefficient (Wildman–Crippen LogP) is 2.02. The molecule has 0 radical (unpaired) electrons. The van der Waals surface area contributed by atoms with Crippen molar-refractivity contribution in [1.82, 2.24) is 15.8 Å². The maximum Gasteiger partial charge on any atom is 0.321 e. The second-order valence-corrected chi connectivity index (χ2v) is 7.09. The molecule has 8 nitrogen and oxygen atoms in total. The van der Waals surface area contributed by atoms with E-state index in [1.807, 2.05) is 0 Å². The largest absolute Gasteiger partial charge is 0.375 e. The van der Waals surface area contributed by atoms with E-state index in [0.717, 1.165) is 12.8 Å². The molecular formula is C19H31N5O3. The number of anilines is 2. The minimum atomic E-state index is -0.238. The van der Waals surface area contributed by atoms with Gasteiger partial charge >= 0.3 is 6.03 Å². The molecule has 0 aromatic heterocycles. The number of rotatable bonds is 8. The predicted molar refractivity (Wildman–Crippen MR) is 107 cm³/mol. The molecule has 2 unspecified atom stereocenters. The molecule has 2 rings (SSSR count). The third kappa shape index (κ3) is 6.50. The second kappa shape index (κ2) is 10.2. The molecule has 1 aromatic rings. The minimum Gasteiger partial charge on any atom is -0.375 e. The monoisotopic (exact) mass is 377 g/mol. The Morgan fingerprint density at radius 1 is 1.15 bits per heavy atom. The van der Waals surface area contributed by atoms with Crippen molar-refractivity contribution in [2.24, 2.45) is 5.92 Å². The van der Waals surface area contributed by atoms with Crippen LogP contribution < -0.4 is 21.5 Å². The normalized spacial score (nSPS) is 21.7. The molecule has 1 saturated heterocycles. The number of urea groups is 1. The summed E-state index contributed by atoms with van der Waals surface area (Å²) in [5.74, 6) is 0.325. The van der Waals surface area contributed by atoms with Crippen LogP contribution in [0, 0.1) is 5.92 Å². The summed E-state index contributed by atoms with van der Waals surface area (Å²) < 4.78 is 4.79. The van der Waals surface area contributed by atoms with E-state index < -0.39 is 0 Å². The van der Waals surface area contributed by atoms with Crippen LogP contribution in [0.2, 0.25) is 0 Å². The molecule has 0 aliphatic carbocycles. The van der Waals surface area contributed by atoms with Crippen LogP contribution in [-0.4, -0.2) is 56.2 Å². The number of nitrogens with one attached hydrogen (secondary N) is 4. The number of nitrogens with zero attached hydrogens (tertiary/aromatic N) is 1. The second-order valence-electron chi connectivity index (χ2n) is 7.09. The fourth-order valence-corrected chi connectivity index (χ4v) is 3.30. The van der Waals surface area contributed by atoms with E-state index in [1.54, 1.807) is 36.2 Å². The highest BCUT2D eigenvalue weighted by Gasteiger charge is 2.29. The maximum absolute atomic E-state index is 12.4. The van der Waals surface area contributed by atoms with Gasteiger partial charge in [0, 0.05) is 44.2 Å². The van der Waals surface area contributed by atoms with Gasteiger partial charge in [-0.3, -0.25) is 15.6 Å². The number of hydrazine groups is 1. The molecule has 1 aliphatic rings. The zero-order valence-corrected chi connectivity index (χ0v) is 16.5. The first kappa shape index (κ1) is 21.1. The standard InChI is InChI=1S/C19H31N5O3/c1-13-17(14(2)23-22-13)9-6-10-24(3)19(26)21-16-8-5-7-15(11-16)20-18(25)12-27-4/h5,7-8,11,13-14,17,22-23H,6,9-10,12H2,1-4H3,(H,20,25)(H,21,26). The van der Waals surface area contributed by atoms with Crippen molar-refractivity contribution >= 4 is 23.3 Å². The first-order valence-electron chi connectivity index (χ1n) is 9.32. The van der Waals surface area contributed by atoms with Crippen LogP contribution in [0.15, 0.2) is 24.3 Å². The number of benzene rings is 1. The highest BCUT2D eigenvalue weighted by Crippen LogP contribution is 2.20. The number of carbonyl (C=O) groups is 2. The fraction of sp³-hybridized carbons (Fsp3) is 0.579. The van der Waals surface area contributed by atoms with Crippen molar-refractivity contribution < 1.29 is 14.3 Å². The quantitative estimate of drug-likeness (QED) is 0.556. The lowest BCUT2D eigenvalue weighted by atomic mass is 9.92. The first-order chi connectivity index (χ1) is 12.9. The van der Waals surface area contributed by atoms with Gasteiger partial charge in [-0.15, -0.1) is 0 Å². The van der Waals surface area contributed by atoms with Crippen LogP contribution in [-0.2, 0) is 9.53 Å². The van der Waals surface area contributed by atoms with Gasteiger partial charge in [0.1, 0.15) is 6.61 Å². The van der Waals surface area contributed by atoms with Crippen molar-refractivity contribution in [1.29, 1.82) is 0 Å². The molecule has 4 N–H and O–H groups in total. The van der Waals surface area contributed by atoms with Gasteiger partial charge in [0.2, 0.25) is 5.91 Å². The molecular weight excluding hydrogens is 346 g/mol. The van der Waals surface area contributed by atoms with E-state index >= 15 is 0 Å². The molecule has 0 saturated carbocycles. The summed E-state index contributed by atoms with van der Waals surface area (Å²) in [6, 6.07) is 7.76. The van der Waals surface area contributed by atoms with E-state index in [2.05, 4.69) is 35.3 Å². The third-order valence-electron chi connectivity index (χ3n) is 4.87. The molecule has 2 atom stereocenters. The highest BCUT2D eigenvalue weighted by molar-refractivity contribution is 5.94. The van der Waals surface area contributed by atoms with Crippen LogP contribution in [0.3, 0.4) is 0 Å². The molecule has 8 heteroatoms. The Balaban J connectivity index is 1.79. The van der Waals surface area contributed by atoms with Gasteiger partial charge in [0.25, 0.3) is 0 Å². The van der Waals surface area contributed by atoms with Gasteiger partial charge in [0.05, 0.1) is 0 Å². The molecule has 27 heavy (non-hydrogen) atoms. The van der Waals surface area contributed by atoms with Crippen molar-refractivity contribution in [2.75, 3.05) is 37.9 Å². The van der Waals surface area contributed by atoms with Crippen LogP contribution in [0.5, 0.6) is 0 Å². The highest BCUT2D eigenvalue weighted by atomic mass is 16.5. The Morgan fingerprint density at radius 3 is 2.41 bits per heavy atom. The molecule has 0 spiro atoms. The molecule has 1 fully saturated rings. The summed E-state index contributed by atoms with van der Waals surface area (Å²) in [5.41, 5.74) is 7.76. The Kier molecular flexibility index (Phi) is 8.02. The average Bonchev–Trinajstić information content (AvgIpc) is 2.94. The molecule has 3 amide bonds. The van der Waals surface area contributed by atoms with Gasteiger partial charge in [0.15, 0.2) is 0 Å². The lowest BCUT2D eigenvalue weighted by Gasteiger charge is -2.21. The SMILES string of the molecule is COCC(=O)Nc1cccc(NC(=O)N(C)CCCC2C(C)NNC2C)c1. The Labute approximate surface area is 161 Å². The molecule has 0 bridgehead atoms. The van der Waals surface area contributed by atoms with Crippen molar-refractivity contribution in [2.45, 2.75) is 38.8 Å². The smallest absolute Gasteiger partial charge is 0.321 e. The van der Waals surface area contributed by atoms with E-state index in [1.165, 1.54) is 7.11 Å². The first-order valence-corrected chi connectivity index (χ1v) is 9.32. The number of methoxy groups -OCH3 is 1. The number of carbonyl (C=O) groups excluding carboxylic acids is 2. The van der Waals surface area contributed by atoms with Crippen LogP contribution in [0.4, 0.5) is 16.2 Å².